The Morgan fingerprint density at radius 2 is 1.70 bits per heavy atom. The van der Waals surface area contributed by atoms with Crippen molar-refractivity contribution in [1.29, 1.82) is 5.26 Å². The van der Waals surface area contributed by atoms with Crippen LogP contribution in [0.3, 0.4) is 0 Å². The van der Waals surface area contributed by atoms with Gasteiger partial charge in [-0.2, -0.15) is 5.26 Å². The first kappa shape index (κ1) is 32.1. The third-order valence-corrected chi connectivity index (χ3v) is 12.1. The van der Waals surface area contributed by atoms with Crippen LogP contribution >= 0.6 is 0 Å². The van der Waals surface area contributed by atoms with Crippen molar-refractivity contribution in [1.82, 2.24) is 10.3 Å². The molecule has 44 heavy (non-hydrogen) atoms. The maximum atomic E-state index is 12.0. The fraction of sp³-hybridized carbons (Fsp3) is 0.286. The molecule has 0 atom stereocenters. The number of hydrogen-bond acceptors (Lipinski definition) is 7. The minimum atomic E-state index is -2.13. The molecular formula is C35H40N4O4Si. The number of alkyl carbamates (subject to hydrolysis) is 1. The van der Waals surface area contributed by atoms with E-state index in [-0.39, 0.29) is 17.5 Å². The first-order valence-electron chi connectivity index (χ1n) is 14.7. The molecule has 1 amide bonds. The van der Waals surface area contributed by atoms with E-state index in [4.69, 9.17) is 19.6 Å². The molecular weight excluding hydrogens is 568 g/mol. The van der Waals surface area contributed by atoms with E-state index >= 15 is 0 Å². The molecule has 0 fully saturated rings. The molecule has 0 radical (unpaired) electrons. The Labute approximate surface area is 260 Å². The Hall–Kier alpha value is -4.81. The van der Waals surface area contributed by atoms with Crippen molar-refractivity contribution in [2.45, 2.75) is 51.9 Å². The van der Waals surface area contributed by atoms with Gasteiger partial charge in [0.05, 0.1) is 12.3 Å². The third kappa shape index (κ3) is 8.17. The Kier molecular flexibility index (Phi) is 10.3. The number of pyridine rings is 1. The van der Waals surface area contributed by atoms with E-state index < -0.39 is 14.4 Å². The standard InChI is InChI=1S/C35H40N4O4Si/c1-35(2,3)44(4,5)43-32-18-10-9-17-28(32)31-22-29(30(23-36)33(37)39-31)26-15-11-16-27(21-26)41-20-12-19-38-34(40)42-24-25-13-7-6-8-14-25/h6-11,13-18,21-22H,12,19-20,24H2,1-5H3,(H2,37,39)(H,38,40). The van der Waals surface area contributed by atoms with Crippen molar-refractivity contribution >= 4 is 20.2 Å². The number of nitrogens with one attached hydrogen (secondary N) is 1. The van der Waals surface area contributed by atoms with E-state index in [2.05, 4.69) is 50.2 Å². The van der Waals surface area contributed by atoms with Gasteiger partial charge in [-0.05, 0) is 66.0 Å². The number of nitrogen functional groups attached to an aromatic ring is 1. The van der Waals surface area contributed by atoms with Crippen molar-refractivity contribution in [3.8, 4) is 40.0 Å². The van der Waals surface area contributed by atoms with Gasteiger partial charge in [0.15, 0.2) is 0 Å². The number of carbonyl (C=O) groups excluding carboxylic acids is 1. The highest BCUT2D eigenvalue weighted by Crippen LogP contribution is 2.41. The first-order valence-corrected chi connectivity index (χ1v) is 17.6. The number of nitrogens with two attached hydrogens (primary N) is 1. The van der Waals surface area contributed by atoms with E-state index in [1.807, 2.05) is 84.9 Å². The summed E-state index contributed by atoms with van der Waals surface area (Å²) >= 11 is 0. The second-order valence-electron chi connectivity index (χ2n) is 12.0. The predicted octanol–water partition coefficient (Wildman–Crippen LogP) is 7.95. The van der Waals surface area contributed by atoms with E-state index in [9.17, 15) is 10.1 Å². The Morgan fingerprint density at radius 3 is 2.43 bits per heavy atom. The van der Waals surface area contributed by atoms with Crippen LogP contribution < -0.4 is 20.2 Å². The van der Waals surface area contributed by atoms with Crippen LogP contribution in [-0.4, -0.2) is 32.5 Å². The third-order valence-electron chi connectivity index (χ3n) is 7.71. The van der Waals surface area contributed by atoms with E-state index in [1.54, 1.807) is 0 Å². The summed E-state index contributed by atoms with van der Waals surface area (Å²) < 4.78 is 17.9. The predicted molar refractivity (Wildman–Crippen MR) is 177 cm³/mol. The number of rotatable bonds is 11. The van der Waals surface area contributed by atoms with Crippen LogP contribution in [0.4, 0.5) is 10.6 Å². The average Bonchev–Trinajstić information content (AvgIpc) is 2.99. The number of benzene rings is 3. The molecule has 0 unspecified atom stereocenters. The zero-order valence-corrected chi connectivity index (χ0v) is 27.0. The molecule has 4 rings (SSSR count). The van der Waals surface area contributed by atoms with Gasteiger partial charge in [-0.15, -0.1) is 0 Å². The molecule has 1 heterocycles. The van der Waals surface area contributed by atoms with Gasteiger partial charge in [-0.1, -0.05) is 75.4 Å². The van der Waals surface area contributed by atoms with Crippen molar-refractivity contribution < 1.29 is 18.7 Å². The molecule has 0 saturated carbocycles. The van der Waals surface area contributed by atoms with Crippen molar-refractivity contribution in [3.63, 3.8) is 0 Å². The average molecular weight is 609 g/mol. The van der Waals surface area contributed by atoms with Crippen molar-refractivity contribution in [2.75, 3.05) is 18.9 Å². The van der Waals surface area contributed by atoms with Crippen LogP contribution in [0.15, 0.2) is 84.9 Å². The van der Waals surface area contributed by atoms with E-state index in [0.717, 1.165) is 22.4 Å². The number of amides is 1. The molecule has 228 valence electrons. The fourth-order valence-corrected chi connectivity index (χ4v) is 5.26. The Bertz CT molecular complexity index is 1630. The zero-order chi connectivity index (χ0) is 31.7. The lowest BCUT2D eigenvalue weighted by molar-refractivity contribution is 0.139. The normalized spacial score (nSPS) is 11.4. The molecule has 3 N–H and O–H groups in total. The number of anilines is 1. The van der Waals surface area contributed by atoms with Gasteiger partial charge in [0.2, 0.25) is 0 Å². The number of nitrogens with zero attached hydrogens (tertiary/aromatic N) is 2. The molecule has 0 bridgehead atoms. The number of nitriles is 1. The second kappa shape index (κ2) is 14.1. The van der Waals surface area contributed by atoms with Gasteiger partial charge in [0.1, 0.15) is 35.6 Å². The minimum absolute atomic E-state index is 0.0184. The lowest BCUT2D eigenvalue weighted by Crippen LogP contribution is -2.44. The van der Waals surface area contributed by atoms with E-state index in [0.29, 0.717) is 42.1 Å². The van der Waals surface area contributed by atoms with Crippen LogP contribution in [0.5, 0.6) is 11.5 Å². The summed E-state index contributed by atoms with van der Waals surface area (Å²) in [5.41, 5.74) is 10.4. The maximum absolute atomic E-state index is 12.0. The topological polar surface area (TPSA) is 119 Å². The quantitative estimate of drug-likeness (QED) is 0.131. The monoisotopic (exact) mass is 608 g/mol. The minimum Gasteiger partial charge on any atom is -0.543 e. The molecule has 0 aliphatic rings. The SMILES string of the molecule is CC(C)(C)[Si](C)(C)Oc1ccccc1-c1cc(-c2cccc(OCCCNC(=O)OCc3ccccc3)c2)c(C#N)c(N)n1. The van der Waals surface area contributed by atoms with Gasteiger partial charge in [-0.3, -0.25) is 0 Å². The van der Waals surface area contributed by atoms with Crippen molar-refractivity contribution in [3.05, 3.63) is 96.1 Å². The van der Waals surface area contributed by atoms with Gasteiger partial charge < -0.3 is 25.0 Å². The molecule has 8 nitrogen and oxygen atoms in total. The molecule has 4 aromatic rings. The Morgan fingerprint density at radius 1 is 0.977 bits per heavy atom. The van der Waals surface area contributed by atoms with Crippen LogP contribution in [0.1, 0.15) is 38.3 Å². The number of ether oxygens (including phenoxy) is 2. The number of carbonyl (C=O) groups is 1. The molecule has 0 aliphatic heterocycles. The van der Waals surface area contributed by atoms with Crippen LogP contribution in [0.25, 0.3) is 22.4 Å². The summed E-state index contributed by atoms with van der Waals surface area (Å²) in [6.45, 7) is 12.0. The van der Waals surface area contributed by atoms with Gasteiger partial charge in [-0.25, -0.2) is 9.78 Å². The molecule has 3 aromatic carbocycles. The lowest BCUT2D eigenvalue weighted by atomic mass is 9.98. The summed E-state index contributed by atoms with van der Waals surface area (Å²) in [5.74, 6) is 1.53. The highest BCUT2D eigenvalue weighted by Gasteiger charge is 2.39. The summed E-state index contributed by atoms with van der Waals surface area (Å²) in [6.07, 6.45) is 0.119. The second-order valence-corrected chi connectivity index (χ2v) is 16.7. The summed E-state index contributed by atoms with van der Waals surface area (Å²) in [4.78, 5) is 16.6. The largest absolute Gasteiger partial charge is 0.543 e. The highest BCUT2D eigenvalue weighted by atomic mass is 28.4. The summed E-state index contributed by atoms with van der Waals surface area (Å²) in [5, 5.41) is 12.7. The highest BCUT2D eigenvalue weighted by molar-refractivity contribution is 6.74. The lowest BCUT2D eigenvalue weighted by Gasteiger charge is -2.37. The number of aromatic nitrogens is 1. The van der Waals surface area contributed by atoms with Gasteiger partial charge in [0, 0.05) is 17.7 Å². The van der Waals surface area contributed by atoms with Crippen molar-refractivity contribution in [2.24, 2.45) is 0 Å². The smallest absolute Gasteiger partial charge is 0.407 e. The molecule has 0 aliphatic carbocycles. The fourth-order valence-electron chi connectivity index (χ4n) is 4.22. The van der Waals surface area contributed by atoms with Crippen LogP contribution in [-0.2, 0) is 11.3 Å². The maximum Gasteiger partial charge on any atom is 0.407 e. The summed E-state index contributed by atoms with van der Waals surface area (Å²) in [6, 6.07) is 28.9. The number of para-hydroxylation sites is 1. The van der Waals surface area contributed by atoms with Gasteiger partial charge >= 0.3 is 6.09 Å². The van der Waals surface area contributed by atoms with Gasteiger partial charge in [0.25, 0.3) is 8.32 Å². The van der Waals surface area contributed by atoms with Crippen LogP contribution in [0.2, 0.25) is 18.1 Å². The number of hydrogen-bond donors (Lipinski definition) is 2. The molecule has 0 saturated heterocycles. The summed E-state index contributed by atoms with van der Waals surface area (Å²) in [7, 11) is -2.13. The first-order chi connectivity index (χ1) is 21.0. The van der Waals surface area contributed by atoms with E-state index in [1.165, 1.54) is 0 Å². The molecule has 9 heteroatoms. The Balaban J connectivity index is 1.45. The van der Waals surface area contributed by atoms with Crippen LogP contribution in [0, 0.1) is 11.3 Å². The molecule has 0 spiro atoms. The zero-order valence-electron chi connectivity index (χ0n) is 26.0. The molecule has 1 aromatic heterocycles.